The van der Waals surface area contributed by atoms with Crippen molar-refractivity contribution in [3.05, 3.63) is 65.0 Å². The van der Waals surface area contributed by atoms with Crippen LogP contribution in [0.1, 0.15) is 31.9 Å². The minimum Gasteiger partial charge on any atom is -0.483 e. The molecule has 3 aromatic rings. The molecule has 0 atom stereocenters. The van der Waals surface area contributed by atoms with Crippen LogP contribution in [0.15, 0.2) is 53.9 Å². The predicted molar refractivity (Wildman–Crippen MR) is 112 cm³/mol. The number of aromatic nitrogens is 1. The normalized spacial score (nSPS) is 11.3. The van der Waals surface area contributed by atoms with Crippen LogP contribution in [0.4, 0.5) is 5.13 Å². The third kappa shape index (κ3) is 4.95. The number of amides is 1. The Morgan fingerprint density at radius 2 is 1.89 bits per heavy atom. The highest BCUT2D eigenvalue weighted by Crippen LogP contribution is 2.32. The maximum Gasteiger partial charge on any atom is 0.264 e. The highest BCUT2D eigenvalue weighted by molar-refractivity contribution is 7.14. The molecule has 5 heteroatoms. The van der Waals surface area contributed by atoms with Gasteiger partial charge in [0.2, 0.25) is 0 Å². The van der Waals surface area contributed by atoms with Gasteiger partial charge in [-0.3, -0.25) is 10.1 Å². The summed E-state index contributed by atoms with van der Waals surface area (Å²) in [5.74, 6) is 0.525. The summed E-state index contributed by atoms with van der Waals surface area (Å²) in [5, 5.41) is 5.32. The van der Waals surface area contributed by atoms with Crippen LogP contribution < -0.4 is 10.1 Å². The Hall–Kier alpha value is -2.66. The standard InChI is InChI=1S/C22H24N2O2S/c1-15-10-11-19(17(12-15)22(2,3)4)26-13-20(25)24-21-23-18(14-27-21)16-8-6-5-7-9-16/h5-12,14H,13H2,1-4H3,(H,23,24,25). The summed E-state index contributed by atoms with van der Waals surface area (Å²) >= 11 is 1.41. The zero-order valence-electron chi connectivity index (χ0n) is 16.1. The van der Waals surface area contributed by atoms with Gasteiger partial charge in [0.05, 0.1) is 5.69 Å². The summed E-state index contributed by atoms with van der Waals surface area (Å²) in [4.78, 5) is 16.8. The second kappa shape index (κ2) is 7.92. The largest absolute Gasteiger partial charge is 0.483 e. The molecule has 0 saturated carbocycles. The molecule has 4 nitrogen and oxygen atoms in total. The van der Waals surface area contributed by atoms with Crippen molar-refractivity contribution >= 4 is 22.4 Å². The van der Waals surface area contributed by atoms with E-state index in [2.05, 4.69) is 44.1 Å². The third-order valence-corrected chi connectivity index (χ3v) is 4.88. The first-order valence-electron chi connectivity index (χ1n) is 8.87. The van der Waals surface area contributed by atoms with Crippen molar-refractivity contribution in [3.63, 3.8) is 0 Å². The number of hydrogen-bond donors (Lipinski definition) is 1. The number of nitrogens with zero attached hydrogens (tertiary/aromatic N) is 1. The number of ether oxygens (including phenoxy) is 1. The average Bonchev–Trinajstić information content (AvgIpc) is 3.09. The van der Waals surface area contributed by atoms with E-state index >= 15 is 0 Å². The zero-order chi connectivity index (χ0) is 19.4. The molecule has 27 heavy (non-hydrogen) atoms. The summed E-state index contributed by atoms with van der Waals surface area (Å²) < 4.78 is 5.81. The monoisotopic (exact) mass is 380 g/mol. The van der Waals surface area contributed by atoms with E-state index < -0.39 is 0 Å². The van der Waals surface area contributed by atoms with Gasteiger partial charge in [0.25, 0.3) is 5.91 Å². The van der Waals surface area contributed by atoms with Gasteiger partial charge < -0.3 is 4.74 Å². The van der Waals surface area contributed by atoms with Crippen molar-refractivity contribution in [2.75, 3.05) is 11.9 Å². The first kappa shape index (κ1) is 19.1. The first-order chi connectivity index (χ1) is 12.8. The molecule has 1 amide bonds. The number of carbonyl (C=O) groups excluding carboxylic acids is 1. The van der Waals surface area contributed by atoms with E-state index in [4.69, 9.17) is 4.74 Å². The summed E-state index contributed by atoms with van der Waals surface area (Å²) in [6.07, 6.45) is 0. The molecule has 0 saturated heterocycles. The molecule has 1 heterocycles. The molecule has 3 rings (SSSR count). The van der Waals surface area contributed by atoms with Crippen LogP contribution in [0.25, 0.3) is 11.3 Å². The Morgan fingerprint density at radius 3 is 2.59 bits per heavy atom. The fraction of sp³-hybridized carbons (Fsp3) is 0.273. The van der Waals surface area contributed by atoms with Crippen molar-refractivity contribution < 1.29 is 9.53 Å². The van der Waals surface area contributed by atoms with Crippen LogP contribution in [0.5, 0.6) is 5.75 Å². The van der Waals surface area contributed by atoms with Crippen LogP contribution in [-0.4, -0.2) is 17.5 Å². The lowest BCUT2D eigenvalue weighted by molar-refractivity contribution is -0.118. The van der Waals surface area contributed by atoms with Gasteiger partial charge in [-0.05, 0) is 24.0 Å². The van der Waals surface area contributed by atoms with Gasteiger partial charge in [-0.2, -0.15) is 0 Å². The quantitative estimate of drug-likeness (QED) is 0.642. The smallest absolute Gasteiger partial charge is 0.264 e. The summed E-state index contributed by atoms with van der Waals surface area (Å²) in [6, 6.07) is 15.9. The maximum absolute atomic E-state index is 12.3. The zero-order valence-corrected chi connectivity index (χ0v) is 16.9. The predicted octanol–water partition coefficient (Wildman–Crippen LogP) is 5.43. The van der Waals surface area contributed by atoms with Crippen molar-refractivity contribution in [2.45, 2.75) is 33.1 Å². The highest BCUT2D eigenvalue weighted by atomic mass is 32.1. The third-order valence-electron chi connectivity index (χ3n) is 4.12. The molecule has 0 radical (unpaired) electrons. The highest BCUT2D eigenvalue weighted by Gasteiger charge is 2.20. The Kier molecular flexibility index (Phi) is 5.61. The van der Waals surface area contributed by atoms with E-state index in [0.717, 1.165) is 22.6 Å². The molecule has 1 aromatic heterocycles. The van der Waals surface area contributed by atoms with E-state index in [1.165, 1.54) is 16.9 Å². The first-order valence-corrected chi connectivity index (χ1v) is 9.75. The van der Waals surface area contributed by atoms with Gasteiger partial charge in [0.15, 0.2) is 11.7 Å². The topological polar surface area (TPSA) is 51.2 Å². The second-order valence-corrected chi connectivity index (χ2v) is 8.35. The number of aryl methyl sites for hydroxylation is 1. The van der Waals surface area contributed by atoms with E-state index in [1.54, 1.807) is 0 Å². The van der Waals surface area contributed by atoms with E-state index in [-0.39, 0.29) is 17.9 Å². The molecule has 0 bridgehead atoms. The molecule has 0 spiro atoms. The van der Waals surface area contributed by atoms with E-state index in [9.17, 15) is 4.79 Å². The number of anilines is 1. The van der Waals surface area contributed by atoms with Crippen LogP contribution in [0, 0.1) is 6.92 Å². The van der Waals surface area contributed by atoms with Crippen LogP contribution >= 0.6 is 11.3 Å². The van der Waals surface area contributed by atoms with Gasteiger partial charge in [-0.1, -0.05) is 68.8 Å². The molecule has 1 N–H and O–H groups in total. The molecular weight excluding hydrogens is 356 g/mol. The lowest BCUT2D eigenvalue weighted by Crippen LogP contribution is -2.22. The minimum atomic E-state index is -0.218. The van der Waals surface area contributed by atoms with Crippen LogP contribution in [0.2, 0.25) is 0 Å². The molecule has 0 fully saturated rings. The van der Waals surface area contributed by atoms with Crippen LogP contribution in [0.3, 0.4) is 0 Å². The Morgan fingerprint density at radius 1 is 1.15 bits per heavy atom. The van der Waals surface area contributed by atoms with E-state index in [0.29, 0.717) is 5.13 Å². The molecule has 140 valence electrons. The average molecular weight is 381 g/mol. The number of nitrogens with one attached hydrogen (secondary N) is 1. The molecule has 0 aliphatic heterocycles. The summed E-state index contributed by atoms with van der Waals surface area (Å²) in [6.45, 7) is 8.41. The SMILES string of the molecule is Cc1ccc(OCC(=O)Nc2nc(-c3ccccc3)cs2)c(C(C)(C)C)c1. The van der Waals surface area contributed by atoms with Gasteiger partial charge >= 0.3 is 0 Å². The van der Waals surface area contributed by atoms with Crippen molar-refractivity contribution in [1.82, 2.24) is 4.98 Å². The fourth-order valence-corrected chi connectivity index (χ4v) is 3.46. The van der Waals surface area contributed by atoms with Crippen molar-refractivity contribution in [3.8, 4) is 17.0 Å². The number of benzene rings is 2. The van der Waals surface area contributed by atoms with Gasteiger partial charge in [0.1, 0.15) is 5.75 Å². The number of rotatable bonds is 5. The fourth-order valence-electron chi connectivity index (χ4n) is 2.73. The summed E-state index contributed by atoms with van der Waals surface area (Å²) in [5.41, 5.74) is 4.09. The summed E-state index contributed by atoms with van der Waals surface area (Å²) in [7, 11) is 0. The second-order valence-electron chi connectivity index (χ2n) is 7.49. The van der Waals surface area contributed by atoms with Gasteiger partial charge in [0, 0.05) is 10.9 Å². The Bertz CT molecular complexity index is 927. The molecule has 0 aliphatic rings. The van der Waals surface area contributed by atoms with Gasteiger partial charge in [-0.25, -0.2) is 4.98 Å². The lowest BCUT2D eigenvalue weighted by Gasteiger charge is -2.23. The number of hydrogen-bond acceptors (Lipinski definition) is 4. The van der Waals surface area contributed by atoms with Gasteiger partial charge in [-0.15, -0.1) is 11.3 Å². The number of carbonyl (C=O) groups is 1. The number of thiazole rings is 1. The lowest BCUT2D eigenvalue weighted by atomic mass is 9.85. The van der Waals surface area contributed by atoms with Crippen molar-refractivity contribution in [2.24, 2.45) is 0 Å². The minimum absolute atomic E-state index is 0.0492. The van der Waals surface area contributed by atoms with Crippen molar-refractivity contribution in [1.29, 1.82) is 0 Å². The maximum atomic E-state index is 12.3. The van der Waals surface area contributed by atoms with E-state index in [1.807, 2.05) is 47.8 Å². The van der Waals surface area contributed by atoms with Crippen LogP contribution in [-0.2, 0) is 10.2 Å². The Labute approximate surface area is 164 Å². The Balaban J connectivity index is 1.64. The molecule has 2 aromatic carbocycles. The molecule has 0 aliphatic carbocycles. The molecular formula is C22H24N2O2S. The molecule has 0 unspecified atom stereocenters.